The highest BCUT2D eigenvalue weighted by atomic mass is 15.1. The van der Waals surface area contributed by atoms with Crippen molar-refractivity contribution in [2.24, 2.45) is 0 Å². The Morgan fingerprint density at radius 3 is 2.26 bits per heavy atom. The van der Waals surface area contributed by atoms with Crippen LogP contribution in [0.2, 0.25) is 0 Å². The van der Waals surface area contributed by atoms with Gasteiger partial charge in [0.25, 0.3) is 0 Å². The average Bonchev–Trinajstić information content (AvgIpc) is 3.44. The highest BCUT2D eigenvalue weighted by Gasteiger charge is 2.20. The van der Waals surface area contributed by atoms with Crippen molar-refractivity contribution in [2.45, 2.75) is 0 Å². The third-order valence-corrected chi connectivity index (χ3v) is 7.11. The number of fused-ring (bicyclic) bond motifs is 7. The zero-order chi connectivity index (χ0) is 22.9. The summed E-state index contributed by atoms with van der Waals surface area (Å²) in [6.45, 7) is 0. The third-order valence-electron chi connectivity index (χ3n) is 7.11. The van der Waals surface area contributed by atoms with E-state index in [4.69, 9.17) is 0 Å². The van der Waals surface area contributed by atoms with Gasteiger partial charge >= 0.3 is 0 Å². The van der Waals surface area contributed by atoms with Crippen LogP contribution in [0.4, 0.5) is 0 Å². The lowest BCUT2D eigenvalue weighted by atomic mass is 9.98. The van der Waals surface area contributed by atoms with Gasteiger partial charge in [0, 0.05) is 33.3 Å². The Morgan fingerprint density at radius 2 is 1.34 bits per heavy atom. The number of hydrogen-bond donors (Lipinski definition) is 0. The van der Waals surface area contributed by atoms with E-state index in [-0.39, 0.29) is 0 Å². The quantitative estimate of drug-likeness (QED) is 0.276. The topological polar surface area (TPSA) is 43.1 Å². The second-order valence-corrected chi connectivity index (χ2v) is 9.00. The summed E-state index contributed by atoms with van der Waals surface area (Å²) in [7, 11) is 0. The van der Waals surface area contributed by atoms with Crippen LogP contribution in [-0.2, 0) is 0 Å². The summed E-state index contributed by atoms with van der Waals surface area (Å²) in [6.07, 6.45) is 3.65. The molecule has 0 aliphatic rings. The number of nitrogens with zero attached hydrogens (tertiary/aromatic N) is 4. The van der Waals surface area contributed by atoms with Crippen molar-refractivity contribution in [1.82, 2.24) is 19.6 Å². The van der Waals surface area contributed by atoms with Gasteiger partial charge in [-0.1, -0.05) is 54.6 Å². The Bertz CT molecular complexity index is 2050. The van der Waals surface area contributed by atoms with Gasteiger partial charge in [0.1, 0.15) is 5.52 Å². The zero-order valence-corrected chi connectivity index (χ0v) is 18.7. The summed E-state index contributed by atoms with van der Waals surface area (Å²) in [6, 6.07) is 34.5. The molecule has 4 aromatic heterocycles. The van der Waals surface area contributed by atoms with Crippen molar-refractivity contribution < 1.29 is 0 Å². The van der Waals surface area contributed by atoms with Gasteiger partial charge in [0.2, 0.25) is 0 Å². The molecule has 0 fully saturated rings. The first-order valence-electron chi connectivity index (χ1n) is 11.7. The molecule has 0 saturated carbocycles. The van der Waals surface area contributed by atoms with Crippen LogP contribution in [0.15, 0.2) is 109 Å². The molecule has 8 aromatic rings. The van der Waals surface area contributed by atoms with Gasteiger partial charge in [-0.05, 0) is 59.2 Å². The third kappa shape index (κ3) is 2.53. The van der Waals surface area contributed by atoms with Gasteiger partial charge in [0.05, 0.1) is 28.3 Å². The maximum atomic E-state index is 4.65. The average molecular weight is 447 g/mol. The van der Waals surface area contributed by atoms with E-state index in [2.05, 4.69) is 105 Å². The van der Waals surface area contributed by atoms with Gasteiger partial charge in [-0.3, -0.25) is 4.98 Å². The summed E-state index contributed by atoms with van der Waals surface area (Å²) >= 11 is 0. The first-order chi connectivity index (χ1) is 17.4. The standard InChI is InChI=1S/C31H18N4/c1-2-7-19(8-3-1)20-12-13-29-23(15-20)25-17-21(26-18-33-34-27-10-6-14-32-30(26)27)16-24-22-9-4-5-11-28(22)35(29)31(24)25/h1-18H. The number of hydrogen-bond acceptors (Lipinski definition) is 3. The van der Waals surface area contributed by atoms with Crippen LogP contribution in [0, 0.1) is 0 Å². The molecule has 4 heterocycles. The molecule has 162 valence electrons. The molecule has 0 spiro atoms. The first kappa shape index (κ1) is 18.6. The van der Waals surface area contributed by atoms with E-state index in [9.17, 15) is 0 Å². The predicted molar refractivity (Wildman–Crippen MR) is 143 cm³/mol. The lowest BCUT2D eigenvalue weighted by Gasteiger charge is -2.07. The number of pyridine rings is 1. The van der Waals surface area contributed by atoms with E-state index in [0.717, 1.165) is 22.2 Å². The van der Waals surface area contributed by atoms with Gasteiger partial charge < -0.3 is 4.40 Å². The molecule has 0 saturated heterocycles. The van der Waals surface area contributed by atoms with Gasteiger partial charge in [-0.2, -0.15) is 5.10 Å². The molecule has 0 unspecified atom stereocenters. The van der Waals surface area contributed by atoms with Crippen molar-refractivity contribution >= 4 is 49.1 Å². The molecular formula is C31H18N4. The summed E-state index contributed by atoms with van der Waals surface area (Å²) in [5.74, 6) is 0. The molecule has 0 radical (unpaired) electrons. The number of aromatic nitrogens is 4. The zero-order valence-electron chi connectivity index (χ0n) is 18.7. The van der Waals surface area contributed by atoms with Crippen LogP contribution in [0.5, 0.6) is 0 Å². The lowest BCUT2D eigenvalue weighted by molar-refractivity contribution is 1.07. The van der Waals surface area contributed by atoms with Crippen LogP contribution in [0.3, 0.4) is 0 Å². The Kier molecular flexibility index (Phi) is 3.63. The van der Waals surface area contributed by atoms with Crippen LogP contribution < -0.4 is 0 Å². The predicted octanol–water partition coefficient (Wildman–Crippen LogP) is 7.51. The van der Waals surface area contributed by atoms with E-state index >= 15 is 0 Å². The molecule has 0 N–H and O–H groups in total. The monoisotopic (exact) mass is 446 g/mol. The summed E-state index contributed by atoms with van der Waals surface area (Å²) in [4.78, 5) is 4.65. The molecule has 35 heavy (non-hydrogen) atoms. The normalized spacial score (nSPS) is 12.0. The van der Waals surface area contributed by atoms with E-state index in [1.807, 2.05) is 24.5 Å². The Labute approximate surface area is 200 Å². The van der Waals surface area contributed by atoms with Gasteiger partial charge in [-0.25, -0.2) is 0 Å². The molecule has 0 aliphatic carbocycles. The van der Waals surface area contributed by atoms with Gasteiger partial charge in [-0.15, -0.1) is 5.10 Å². The van der Waals surface area contributed by atoms with E-state index in [0.29, 0.717) is 0 Å². The van der Waals surface area contributed by atoms with Crippen LogP contribution >= 0.6 is 0 Å². The van der Waals surface area contributed by atoms with E-state index in [1.54, 1.807) is 0 Å². The maximum Gasteiger partial charge on any atom is 0.112 e. The van der Waals surface area contributed by atoms with Crippen molar-refractivity contribution in [2.75, 3.05) is 0 Å². The second-order valence-electron chi connectivity index (χ2n) is 9.00. The van der Waals surface area contributed by atoms with Crippen LogP contribution in [0.25, 0.3) is 71.4 Å². The summed E-state index contributed by atoms with van der Waals surface area (Å²) < 4.78 is 2.41. The largest absolute Gasteiger partial charge is 0.308 e. The van der Waals surface area contributed by atoms with Gasteiger partial charge in [0.15, 0.2) is 0 Å². The number of rotatable bonds is 2. The SMILES string of the molecule is c1ccc(-c2ccc3c(c2)c2cc(-c4cnnc5cccnc45)cc4c5ccccc5n3c42)cc1. The van der Waals surface area contributed by atoms with Crippen LogP contribution in [-0.4, -0.2) is 19.6 Å². The molecule has 4 aromatic carbocycles. The Morgan fingerprint density at radius 1 is 0.571 bits per heavy atom. The Hall–Kier alpha value is -4.83. The fourth-order valence-corrected chi connectivity index (χ4v) is 5.57. The second kappa shape index (κ2) is 6.84. The highest BCUT2D eigenvalue weighted by molar-refractivity contribution is 6.25. The fourth-order valence-electron chi connectivity index (χ4n) is 5.57. The molecule has 0 amide bonds. The fraction of sp³-hybridized carbons (Fsp3) is 0. The molecule has 8 rings (SSSR count). The Balaban J connectivity index is 1.54. The minimum absolute atomic E-state index is 0.802. The minimum atomic E-state index is 0.802. The first-order valence-corrected chi connectivity index (χ1v) is 11.7. The molecule has 0 atom stereocenters. The van der Waals surface area contributed by atoms with Crippen molar-refractivity contribution in [3.05, 3.63) is 109 Å². The number of benzene rings is 4. The minimum Gasteiger partial charge on any atom is -0.308 e. The van der Waals surface area contributed by atoms with E-state index in [1.165, 1.54) is 49.2 Å². The van der Waals surface area contributed by atoms with Crippen LogP contribution in [0.1, 0.15) is 0 Å². The summed E-state index contributed by atoms with van der Waals surface area (Å²) in [5.41, 5.74) is 9.92. The molecular weight excluding hydrogens is 428 g/mol. The lowest BCUT2D eigenvalue weighted by Crippen LogP contribution is -1.90. The maximum absolute atomic E-state index is 4.65. The molecule has 4 heteroatoms. The molecule has 4 nitrogen and oxygen atoms in total. The summed E-state index contributed by atoms with van der Waals surface area (Å²) in [5, 5.41) is 13.6. The molecule has 0 bridgehead atoms. The molecule has 0 aliphatic heterocycles. The smallest absolute Gasteiger partial charge is 0.112 e. The number of para-hydroxylation sites is 1. The van der Waals surface area contributed by atoms with Crippen molar-refractivity contribution in [3.8, 4) is 22.3 Å². The highest BCUT2D eigenvalue weighted by Crippen LogP contribution is 2.43. The van der Waals surface area contributed by atoms with Crippen molar-refractivity contribution in [3.63, 3.8) is 0 Å². The van der Waals surface area contributed by atoms with E-state index < -0.39 is 0 Å². The van der Waals surface area contributed by atoms with Crippen molar-refractivity contribution in [1.29, 1.82) is 0 Å².